The molecular weight excluding hydrogens is 396 g/mol. The highest BCUT2D eigenvalue weighted by atomic mass is 32.2. The highest BCUT2D eigenvalue weighted by Gasteiger charge is 2.29. The van der Waals surface area contributed by atoms with E-state index in [2.05, 4.69) is 5.32 Å². The summed E-state index contributed by atoms with van der Waals surface area (Å²) in [6.07, 6.45) is 1.60. The summed E-state index contributed by atoms with van der Waals surface area (Å²) in [5.74, 6) is -0.277. The molecule has 0 saturated carbocycles. The van der Waals surface area contributed by atoms with Crippen LogP contribution in [0.15, 0.2) is 40.6 Å². The van der Waals surface area contributed by atoms with Gasteiger partial charge in [0.15, 0.2) is 0 Å². The predicted molar refractivity (Wildman–Crippen MR) is 110 cm³/mol. The number of rotatable bonds is 8. The number of ether oxygens (including phenoxy) is 1. The van der Waals surface area contributed by atoms with E-state index in [1.165, 1.54) is 15.2 Å². The number of thiophene rings is 1. The van der Waals surface area contributed by atoms with Crippen LogP contribution in [-0.2, 0) is 27.7 Å². The van der Waals surface area contributed by atoms with Crippen LogP contribution < -0.4 is 5.32 Å². The molecule has 1 aliphatic rings. The molecule has 0 unspecified atom stereocenters. The fourth-order valence-corrected chi connectivity index (χ4v) is 5.42. The van der Waals surface area contributed by atoms with Gasteiger partial charge in [-0.05, 0) is 61.9 Å². The topological polar surface area (TPSA) is 75.7 Å². The molecule has 0 radical (unpaired) electrons. The van der Waals surface area contributed by atoms with Crippen molar-refractivity contribution in [1.82, 2.24) is 9.62 Å². The number of carbonyl (C=O) groups is 1. The third kappa shape index (κ3) is 5.00. The van der Waals surface area contributed by atoms with Crippen LogP contribution in [0.25, 0.3) is 0 Å². The SMILES string of the molecule is CC(C)OCCCNC(=O)c1cccc(S(=O)(=O)N2CCc3sccc3C2)c1. The quantitative estimate of drug-likeness (QED) is 0.664. The number of hydrogen-bond acceptors (Lipinski definition) is 5. The summed E-state index contributed by atoms with van der Waals surface area (Å²) in [6, 6.07) is 8.23. The first-order valence-electron chi connectivity index (χ1n) is 9.43. The Morgan fingerprint density at radius 1 is 1.32 bits per heavy atom. The number of carbonyl (C=O) groups excluding carboxylic acids is 1. The van der Waals surface area contributed by atoms with Gasteiger partial charge in [0.2, 0.25) is 10.0 Å². The molecule has 0 bridgehead atoms. The van der Waals surface area contributed by atoms with Crippen LogP contribution in [0.5, 0.6) is 0 Å². The van der Waals surface area contributed by atoms with Gasteiger partial charge in [-0.25, -0.2) is 8.42 Å². The van der Waals surface area contributed by atoms with E-state index in [9.17, 15) is 13.2 Å². The molecule has 1 aromatic heterocycles. The minimum Gasteiger partial charge on any atom is -0.379 e. The van der Waals surface area contributed by atoms with Gasteiger partial charge in [-0.1, -0.05) is 6.07 Å². The zero-order valence-electron chi connectivity index (χ0n) is 16.2. The van der Waals surface area contributed by atoms with E-state index in [0.29, 0.717) is 38.2 Å². The van der Waals surface area contributed by atoms with Gasteiger partial charge in [-0.3, -0.25) is 4.79 Å². The van der Waals surface area contributed by atoms with Crippen molar-refractivity contribution in [2.75, 3.05) is 19.7 Å². The summed E-state index contributed by atoms with van der Waals surface area (Å²) in [5.41, 5.74) is 1.41. The molecule has 0 spiro atoms. The van der Waals surface area contributed by atoms with Crippen LogP contribution in [0.1, 0.15) is 41.1 Å². The Bertz CT molecular complexity index is 922. The Kier molecular flexibility index (Phi) is 6.87. The second kappa shape index (κ2) is 9.17. The summed E-state index contributed by atoms with van der Waals surface area (Å²) >= 11 is 1.67. The average Bonchev–Trinajstić information content (AvgIpc) is 3.15. The zero-order valence-corrected chi connectivity index (χ0v) is 17.8. The molecule has 1 amide bonds. The predicted octanol–water partition coefficient (Wildman–Crippen LogP) is 3.04. The molecule has 8 heteroatoms. The highest BCUT2D eigenvalue weighted by Crippen LogP contribution is 2.28. The minimum atomic E-state index is -3.64. The standard InChI is InChI=1S/C20H26N2O4S2/c1-15(2)26-11-4-9-21-20(23)16-5-3-6-18(13-16)28(24,25)22-10-7-19-17(14-22)8-12-27-19/h3,5-6,8,12-13,15H,4,7,9-11,14H2,1-2H3,(H,21,23). The largest absolute Gasteiger partial charge is 0.379 e. The summed E-state index contributed by atoms with van der Waals surface area (Å²) in [5, 5.41) is 4.81. The van der Waals surface area contributed by atoms with E-state index in [0.717, 1.165) is 12.0 Å². The van der Waals surface area contributed by atoms with E-state index in [4.69, 9.17) is 4.74 Å². The number of fused-ring (bicyclic) bond motifs is 1. The van der Waals surface area contributed by atoms with Gasteiger partial charge in [0.05, 0.1) is 11.0 Å². The maximum Gasteiger partial charge on any atom is 0.251 e. The van der Waals surface area contributed by atoms with Crippen molar-refractivity contribution in [2.24, 2.45) is 0 Å². The van der Waals surface area contributed by atoms with Crippen LogP contribution in [0, 0.1) is 0 Å². The fourth-order valence-electron chi connectivity index (χ4n) is 3.07. The molecule has 1 N–H and O–H groups in total. The van der Waals surface area contributed by atoms with Gasteiger partial charge >= 0.3 is 0 Å². The lowest BCUT2D eigenvalue weighted by Gasteiger charge is -2.26. The highest BCUT2D eigenvalue weighted by molar-refractivity contribution is 7.89. The summed E-state index contributed by atoms with van der Waals surface area (Å²) < 4.78 is 33.0. The minimum absolute atomic E-state index is 0.155. The third-order valence-corrected chi connectivity index (χ3v) is 7.43. The van der Waals surface area contributed by atoms with Crippen molar-refractivity contribution in [3.8, 4) is 0 Å². The van der Waals surface area contributed by atoms with Crippen LogP contribution in [0.2, 0.25) is 0 Å². The maximum atomic E-state index is 13.0. The second-order valence-electron chi connectivity index (χ2n) is 7.01. The summed E-state index contributed by atoms with van der Waals surface area (Å²) in [7, 11) is -3.64. The van der Waals surface area contributed by atoms with Gasteiger partial charge in [0, 0.05) is 36.7 Å². The van der Waals surface area contributed by atoms with Crippen LogP contribution in [-0.4, -0.2) is 44.4 Å². The second-order valence-corrected chi connectivity index (χ2v) is 9.95. The van der Waals surface area contributed by atoms with Crippen LogP contribution in [0.4, 0.5) is 0 Å². The van der Waals surface area contributed by atoms with Crippen molar-refractivity contribution in [3.05, 3.63) is 51.7 Å². The number of sulfonamides is 1. The lowest BCUT2D eigenvalue weighted by Crippen LogP contribution is -2.35. The molecule has 2 aromatic rings. The molecule has 0 aliphatic carbocycles. The van der Waals surface area contributed by atoms with Crippen molar-refractivity contribution in [2.45, 2.75) is 44.2 Å². The molecule has 28 heavy (non-hydrogen) atoms. The van der Waals surface area contributed by atoms with Crippen molar-refractivity contribution < 1.29 is 17.9 Å². The maximum absolute atomic E-state index is 13.0. The molecule has 6 nitrogen and oxygen atoms in total. The van der Waals surface area contributed by atoms with E-state index >= 15 is 0 Å². The molecule has 0 fully saturated rings. The van der Waals surface area contributed by atoms with Crippen molar-refractivity contribution >= 4 is 27.3 Å². The Hall–Kier alpha value is -1.74. The molecule has 0 saturated heterocycles. The molecule has 1 aliphatic heterocycles. The van der Waals surface area contributed by atoms with Gasteiger partial charge in [-0.2, -0.15) is 4.31 Å². The molecule has 1 aromatic carbocycles. The van der Waals surface area contributed by atoms with Crippen LogP contribution >= 0.6 is 11.3 Å². The Balaban J connectivity index is 1.64. The number of hydrogen-bond donors (Lipinski definition) is 1. The van der Waals surface area contributed by atoms with Crippen molar-refractivity contribution in [1.29, 1.82) is 0 Å². The van der Waals surface area contributed by atoms with Crippen molar-refractivity contribution in [3.63, 3.8) is 0 Å². The number of nitrogens with zero attached hydrogens (tertiary/aromatic N) is 1. The lowest BCUT2D eigenvalue weighted by atomic mass is 10.1. The van der Waals surface area contributed by atoms with Gasteiger partial charge < -0.3 is 10.1 Å². The Morgan fingerprint density at radius 3 is 2.93 bits per heavy atom. The molecule has 3 rings (SSSR count). The Morgan fingerprint density at radius 2 is 2.14 bits per heavy atom. The van der Waals surface area contributed by atoms with E-state index in [1.54, 1.807) is 29.5 Å². The lowest BCUT2D eigenvalue weighted by molar-refractivity contribution is 0.0757. The monoisotopic (exact) mass is 422 g/mol. The summed E-state index contributed by atoms with van der Waals surface area (Å²) in [4.78, 5) is 13.8. The molecule has 0 atom stereocenters. The van der Waals surface area contributed by atoms with Gasteiger partial charge in [0.25, 0.3) is 5.91 Å². The van der Waals surface area contributed by atoms with Gasteiger partial charge in [-0.15, -0.1) is 11.3 Å². The summed E-state index contributed by atoms with van der Waals surface area (Å²) in [6.45, 7) is 5.83. The van der Waals surface area contributed by atoms with E-state index in [-0.39, 0.29) is 16.9 Å². The average molecular weight is 423 g/mol. The first kappa shape index (κ1) is 21.0. The molecular formula is C20H26N2O4S2. The number of nitrogens with one attached hydrogen (secondary N) is 1. The molecule has 2 heterocycles. The van der Waals surface area contributed by atoms with Crippen LogP contribution in [0.3, 0.4) is 0 Å². The first-order valence-corrected chi connectivity index (χ1v) is 11.7. The number of amides is 1. The first-order chi connectivity index (χ1) is 13.4. The third-order valence-electron chi connectivity index (χ3n) is 4.56. The van der Waals surface area contributed by atoms with E-state index < -0.39 is 10.0 Å². The molecule has 152 valence electrons. The smallest absolute Gasteiger partial charge is 0.251 e. The number of benzene rings is 1. The van der Waals surface area contributed by atoms with E-state index in [1.807, 2.05) is 25.3 Å². The zero-order chi connectivity index (χ0) is 20.1. The fraction of sp³-hybridized carbons (Fsp3) is 0.450. The van der Waals surface area contributed by atoms with Gasteiger partial charge in [0.1, 0.15) is 0 Å². The Labute approximate surface area is 170 Å². The normalized spacial score (nSPS) is 14.8.